The van der Waals surface area contributed by atoms with Gasteiger partial charge in [-0.3, -0.25) is 29.1 Å². The number of nitrogens with zero attached hydrogens (tertiary/aromatic N) is 6. The monoisotopic (exact) mass is 1660 g/mol. The van der Waals surface area contributed by atoms with Crippen molar-refractivity contribution in [3.8, 4) is 44.5 Å². The highest BCUT2D eigenvalue weighted by atomic mass is 16.6. The summed E-state index contributed by atoms with van der Waals surface area (Å²) in [6.07, 6.45) is 4.75. The van der Waals surface area contributed by atoms with E-state index in [4.69, 9.17) is 33.2 Å². The number of hydrogen-bond acceptors (Lipinski definition) is 20. The Morgan fingerprint density at radius 2 is 0.680 bits per heavy atom. The minimum atomic E-state index is -0.592. The molecule has 8 aromatic carbocycles. The first-order chi connectivity index (χ1) is 59.0. The van der Waals surface area contributed by atoms with Crippen LogP contribution in [0.4, 0.5) is 19.2 Å². The third-order valence-electron chi connectivity index (χ3n) is 24.3. The van der Waals surface area contributed by atoms with Gasteiger partial charge in [0.1, 0.15) is 45.1 Å². The minimum absolute atomic E-state index is 0. The lowest BCUT2D eigenvalue weighted by Gasteiger charge is -2.30. The lowest BCUT2D eigenvalue weighted by atomic mass is 9.98. The smallest absolute Gasteiger partial charge is 0.410 e. The second-order valence-corrected chi connectivity index (χ2v) is 31.1. The van der Waals surface area contributed by atoms with Gasteiger partial charge in [-0.15, -0.1) is 0 Å². The number of fused-ring (bicyclic) bond motifs is 12. The van der Waals surface area contributed by atoms with Crippen LogP contribution in [-0.4, -0.2) is 248 Å². The quantitative estimate of drug-likeness (QED) is 0.0411. The number of hydrogen-bond donors (Lipinski definition) is 1. The summed E-state index contributed by atoms with van der Waals surface area (Å²) in [6.45, 7) is 11.1. The van der Waals surface area contributed by atoms with Gasteiger partial charge in [0.2, 0.25) is 5.91 Å². The maximum atomic E-state index is 13.2. The number of rotatable bonds is 25. The molecule has 644 valence electrons. The van der Waals surface area contributed by atoms with E-state index in [1.165, 1.54) is 111 Å². The first-order valence-corrected chi connectivity index (χ1v) is 42.1. The third-order valence-corrected chi connectivity index (χ3v) is 24.3. The van der Waals surface area contributed by atoms with Crippen LogP contribution < -0.4 is 5.32 Å². The van der Waals surface area contributed by atoms with Crippen molar-refractivity contribution in [2.45, 2.75) is 120 Å². The predicted molar refractivity (Wildman–Crippen MR) is 462 cm³/mol. The van der Waals surface area contributed by atoms with E-state index < -0.39 is 36.2 Å². The Balaban J connectivity index is 0.000000149. The van der Waals surface area contributed by atoms with Crippen molar-refractivity contribution in [3.05, 3.63) is 239 Å². The molecule has 1 N–H and O–H groups in total. The lowest BCUT2D eigenvalue weighted by molar-refractivity contribution is -0.152. The molecule has 4 saturated heterocycles. The van der Waals surface area contributed by atoms with Crippen molar-refractivity contribution >= 4 is 54.2 Å². The molecular weight excluding hydrogens is 1550 g/mol. The molecule has 0 unspecified atom stereocenters. The molecule has 4 aliphatic heterocycles. The number of alkyl carbamates (subject to hydrolysis) is 1. The van der Waals surface area contributed by atoms with Crippen LogP contribution in [0.15, 0.2) is 194 Å². The average molecular weight is 1670 g/mol. The van der Waals surface area contributed by atoms with Gasteiger partial charge in [0.15, 0.2) is 0 Å². The number of carbonyl (C=O) groups is 9. The number of methoxy groups -OCH3 is 4. The van der Waals surface area contributed by atoms with Crippen molar-refractivity contribution in [1.29, 1.82) is 0 Å². The van der Waals surface area contributed by atoms with Gasteiger partial charge in [0.25, 0.3) is 0 Å². The number of esters is 4. The summed E-state index contributed by atoms with van der Waals surface area (Å²) in [7, 11) is 5.42. The third kappa shape index (κ3) is 20.8. The molecule has 122 heavy (non-hydrogen) atoms. The molecule has 4 aliphatic carbocycles. The summed E-state index contributed by atoms with van der Waals surface area (Å²) in [5, 5.41) is 2.76. The highest BCUT2D eigenvalue weighted by molar-refractivity contribution is 5.91. The van der Waals surface area contributed by atoms with E-state index in [1.807, 2.05) is 126 Å². The predicted octanol–water partition coefficient (Wildman–Crippen LogP) is 14.7. The van der Waals surface area contributed by atoms with Gasteiger partial charge in [0.05, 0.1) is 54.2 Å². The molecule has 4 atom stereocenters. The van der Waals surface area contributed by atoms with Crippen LogP contribution in [0.1, 0.15) is 141 Å². The van der Waals surface area contributed by atoms with Crippen LogP contribution in [0.5, 0.6) is 0 Å². The molecule has 8 aliphatic rings. The van der Waals surface area contributed by atoms with Crippen LogP contribution in [-0.2, 0) is 66.6 Å². The first-order valence-electron chi connectivity index (χ1n) is 42.1. The SMILES string of the molecule is C.CCN(CC(=O)OC)C[C@H]1CCCN1C(=O)OCC1c2ccccc2-c2ccccc21.CCN(CCNC(=O)OCC1c2ccccc2-c2ccccc21)CC(=O)OC.COC(=O)COC[C@H]1CCCN1C(=O)OCC1c2ccccc2-c2ccccc21.COC(=O)[C@@H]1CCCN1C(=O)[C@H]1CCCN1C(=O)OCC1c2ccccc2-c2ccccc21. The van der Waals surface area contributed by atoms with Gasteiger partial charge in [-0.1, -0.05) is 215 Å². The average Bonchev–Trinajstić information content (AvgIpc) is 1.63. The molecule has 0 bridgehead atoms. The van der Waals surface area contributed by atoms with Gasteiger partial charge in [-0.25, -0.2) is 28.8 Å². The fourth-order valence-electron chi connectivity index (χ4n) is 18.1. The van der Waals surface area contributed by atoms with Crippen molar-refractivity contribution in [3.63, 3.8) is 0 Å². The van der Waals surface area contributed by atoms with Crippen molar-refractivity contribution in [2.24, 2.45) is 0 Å². The summed E-state index contributed by atoms with van der Waals surface area (Å²) < 4.78 is 47.2. The fourth-order valence-corrected chi connectivity index (χ4v) is 18.1. The highest BCUT2D eigenvalue weighted by Crippen LogP contribution is 2.49. The molecule has 25 nitrogen and oxygen atoms in total. The van der Waals surface area contributed by atoms with E-state index in [0.717, 1.165) is 56.2 Å². The standard InChI is InChI=1S/C26H28N2O5.C25H30N2O4.C23H25NO5.C22H26N2O4.CH4/c1-32-25(30)23-13-7-14-27(23)24(29)22-12-6-15-28(22)26(31)33-16-21-19-10-4-2-8-17(19)18-9-3-5-11-20(18)21;1-3-26(16-24(28)30-2)15-18-9-8-14-27(18)25(29)31-17-23-21-12-6-4-10-19(21)20-11-5-7-13-22(20)23;1-27-22(25)15-28-13-16-7-6-12-24(16)23(26)29-14-21-19-10-4-2-8-17(19)18-9-3-5-11-20(18)21;1-3-24(14-21(25)27-2)13-12-23-22(26)28-15-20-18-10-6-4-8-16(18)17-9-5-7-11-19(17)20;/h2-5,8-11,21-23H,6-7,12-16H2,1H3;4-7,10-13,18,23H,3,8-9,14-17H2,1-2H3;2-5,8-11,16,21H,6-7,12-15H2,1H3;4-11,20H,3,12-15H2,1-2H3,(H,23,26);1H4/t22-,23+;18-;16-;;/m111../s1. The van der Waals surface area contributed by atoms with E-state index in [9.17, 15) is 43.2 Å². The van der Waals surface area contributed by atoms with E-state index in [-0.39, 0.29) is 99.5 Å². The molecule has 16 rings (SSSR count). The van der Waals surface area contributed by atoms with Gasteiger partial charge in [-0.05, 0) is 153 Å². The topological polar surface area (TPSA) is 268 Å². The number of nitrogens with one attached hydrogen (secondary N) is 1. The van der Waals surface area contributed by atoms with E-state index in [0.29, 0.717) is 91.6 Å². The Labute approximate surface area is 714 Å². The molecule has 0 spiro atoms. The molecule has 4 fully saturated rings. The summed E-state index contributed by atoms with van der Waals surface area (Å²) in [5.74, 6) is -1.43. The van der Waals surface area contributed by atoms with Crippen molar-refractivity contribution in [2.75, 3.05) is 140 Å². The number of ether oxygens (including phenoxy) is 9. The van der Waals surface area contributed by atoms with Gasteiger partial charge < -0.3 is 62.6 Å². The molecule has 5 amide bonds. The van der Waals surface area contributed by atoms with E-state index in [1.54, 1.807) is 9.80 Å². The maximum absolute atomic E-state index is 13.2. The zero-order chi connectivity index (χ0) is 84.9. The highest BCUT2D eigenvalue weighted by Gasteiger charge is 2.44. The minimum Gasteiger partial charge on any atom is -0.468 e. The number of carbonyl (C=O) groups excluding carboxylic acids is 9. The zero-order valence-electron chi connectivity index (χ0n) is 69.8. The second-order valence-electron chi connectivity index (χ2n) is 31.1. The molecule has 4 heterocycles. The Bertz CT molecular complexity index is 4800. The summed E-state index contributed by atoms with van der Waals surface area (Å²) in [4.78, 5) is 121. The number of amides is 5. The number of likely N-dealkylation sites (N-methyl/N-ethyl adjacent to an activating group) is 2. The van der Waals surface area contributed by atoms with Crippen molar-refractivity contribution in [1.82, 2.24) is 34.7 Å². The molecule has 0 radical (unpaired) electrons. The molecule has 0 saturated carbocycles. The Hall–Kier alpha value is -11.9. The van der Waals surface area contributed by atoms with Crippen molar-refractivity contribution < 1.29 is 85.8 Å². The second kappa shape index (κ2) is 43.0. The van der Waals surface area contributed by atoms with E-state index >= 15 is 0 Å². The largest absolute Gasteiger partial charge is 0.468 e. The summed E-state index contributed by atoms with van der Waals surface area (Å²) >= 11 is 0. The number of benzene rings is 8. The molecular formula is C97H113N7O18. The lowest BCUT2D eigenvalue weighted by Crippen LogP contribution is -2.51. The van der Waals surface area contributed by atoms with Crippen LogP contribution >= 0.6 is 0 Å². The van der Waals surface area contributed by atoms with Crippen LogP contribution in [0.2, 0.25) is 0 Å². The molecule has 25 heteroatoms. The molecule has 0 aromatic heterocycles. The number of likely N-dealkylation sites (tertiary alicyclic amines) is 4. The van der Waals surface area contributed by atoms with Gasteiger partial charge in [-0.2, -0.15) is 0 Å². The summed E-state index contributed by atoms with van der Waals surface area (Å²) in [5.41, 5.74) is 19.1. The Kier molecular flexibility index (Phi) is 31.5. The maximum Gasteiger partial charge on any atom is 0.410 e. The fraction of sp³-hybridized carbons (Fsp3) is 0.412. The van der Waals surface area contributed by atoms with Crippen LogP contribution in [0.25, 0.3) is 44.5 Å². The molecule has 8 aromatic rings. The van der Waals surface area contributed by atoms with Crippen LogP contribution in [0.3, 0.4) is 0 Å². The van der Waals surface area contributed by atoms with E-state index in [2.05, 4.69) is 112 Å². The van der Waals surface area contributed by atoms with Gasteiger partial charge in [0, 0.05) is 75.5 Å². The summed E-state index contributed by atoms with van der Waals surface area (Å²) in [6, 6.07) is 64.9. The Morgan fingerprint density at radius 3 is 1.06 bits per heavy atom. The van der Waals surface area contributed by atoms with Crippen LogP contribution in [0, 0.1) is 0 Å². The zero-order valence-corrected chi connectivity index (χ0v) is 69.8. The first kappa shape index (κ1) is 89.3. The van der Waals surface area contributed by atoms with Gasteiger partial charge >= 0.3 is 48.3 Å². The Morgan fingerprint density at radius 1 is 0.361 bits per heavy atom. The normalized spacial score (nSPS) is 17.3.